The van der Waals surface area contributed by atoms with Crippen LogP contribution in [-0.2, 0) is 28.7 Å². The van der Waals surface area contributed by atoms with Crippen molar-refractivity contribution >= 4 is 16.7 Å². The zero-order valence-corrected chi connectivity index (χ0v) is 21.2. The Labute approximate surface area is 208 Å². The Balaban J connectivity index is 1.60. The fourth-order valence-corrected chi connectivity index (χ4v) is 5.36. The van der Waals surface area contributed by atoms with Crippen molar-refractivity contribution in [2.75, 3.05) is 26.9 Å². The molecule has 0 spiro atoms. The second kappa shape index (κ2) is 9.87. The highest BCUT2D eigenvalue weighted by Crippen LogP contribution is 2.42. The molecule has 7 nitrogen and oxygen atoms in total. The van der Waals surface area contributed by atoms with E-state index in [1.54, 1.807) is 24.7 Å². The van der Waals surface area contributed by atoms with E-state index in [-0.39, 0.29) is 11.9 Å². The standard InChI is InChI=1S/C27H31N5O2S/c1-30(2)15-5-8-25(33)31-17-24-26(20-11-13-28-14-12-20)27(21-6-4-7-22(16-21)35(3)34)29-32(24)18-23(31)19-9-10-19/h4-8,11-14,16,19,23H,9-10,15,17-18H2,1-3H3/b8-5+/t23-,35?/m1/s1. The van der Waals surface area contributed by atoms with Gasteiger partial charge in [-0.2, -0.15) is 5.10 Å². The third-order valence-electron chi connectivity index (χ3n) is 6.73. The van der Waals surface area contributed by atoms with Crippen molar-refractivity contribution in [1.29, 1.82) is 0 Å². The number of aromatic nitrogens is 3. The molecule has 182 valence electrons. The number of rotatable bonds is 7. The number of hydrogen-bond acceptors (Lipinski definition) is 5. The number of carbonyl (C=O) groups is 1. The third-order valence-corrected chi connectivity index (χ3v) is 7.64. The summed E-state index contributed by atoms with van der Waals surface area (Å²) in [6.07, 6.45) is 11.2. The monoisotopic (exact) mass is 489 g/mol. The van der Waals surface area contributed by atoms with Crippen LogP contribution in [-0.4, -0.2) is 67.6 Å². The molecule has 3 aromatic rings. The summed E-state index contributed by atoms with van der Waals surface area (Å²) in [5.74, 6) is 0.582. The topological polar surface area (TPSA) is 71.3 Å². The van der Waals surface area contributed by atoms with Crippen molar-refractivity contribution in [3.8, 4) is 22.4 Å². The van der Waals surface area contributed by atoms with E-state index in [4.69, 9.17) is 5.10 Å². The first kappa shape index (κ1) is 23.6. The van der Waals surface area contributed by atoms with Gasteiger partial charge in [-0.05, 0) is 62.7 Å². The van der Waals surface area contributed by atoms with E-state index in [1.165, 1.54) is 0 Å². The predicted molar refractivity (Wildman–Crippen MR) is 138 cm³/mol. The molecular formula is C27H31N5O2S. The van der Waals surface area contributed by atoms with Crippen LogP contribution < -0.4 is 0 Å². The number of benzene rings is 1. The Morgan fingerprint density at radius 1 is 1.17 bits per heavy atom. The van der Waals surface area contributed by atoms with Gasteiger partial charge in [0.25, 0.3) is 0 Å². The van der Waals surface area contributed by atoms with Gasteiger partial charge in [-0.25, -0.2) is 0 Å². The average molecular weight is 490 g/mol. The predicted octanol–water partition coefficient (Wildman–Crippen LogP) is 3.59. The van der Waals surface area contributed by atoms with Gasteiger partial charge < -0.3 is 9.80 Å². The third kappa shape index (κ3) is 4.99. The van der Waals surface area contributed by atoms with Gasteiger partial charge in [-0.15, -0.1) is 0 Å². The molecule has 1 fully saturated rings. The number of amides is 1. The van der Waals surface area contributed by atoms with Crippen LogP contribution in [0.1, 0.15) is 18.5 Å². The summed E-state index contributed by atoms with van der Waals surface area (Å²) in [5, 5.41) is 5.07. The van der Waals surface area contributed by atoms with E-state index in [0.29, 0.717) is 19.0 Å². The number of fused-ring (bicyclic) bond motifs is 1. The molecule has 1 aliphatic heterocycles. The fourth-order valence-electron chi connectivity index (χ4n) is 4.80. The number of hydrogen-bond donors (Lipinski definition) is 0. The lowest BCUT2D eigenvalue weighted by molar-refractivity contribution is -0.130. The molecular weight excluding hydrogens is 458 g/mol. The number of pyridine rings is 1. The quantitative estimate of drug-likeness (QED) is 0.475. The van der Waals surface area contributed by atoms with E-state index in [1.807, 2.05) is 66.4 Å². The first-order chi connectivity index (χ1) is 16.9. The van der Waals surface area contributed by atoms with Crippen molar-refractivity contribution in [3.05, 3.63) is 66.6 Å². The highest BCUT2D eigenvalue weighted by molar-refractivity contribution is 7.84. The molecule has 5 rings (SSSR count). The molecule has 2 aromatic heterocycles. The van der Waals surface area contributed by atoms with Crippen LogP contribution in [0.25, 0.3) is 22.4 Å². The number of likely N-dealkylation sites (N-methyl/N-ethyl adjacent to an activating group) is 1. The minimum atomic E-state index is -1.08. The molecule has 2 aliphatic rings. The lowest BCUT2D eigenvalue weighted by Gasteiger charge is -2.36. The highest BCUT2D eigenvalue weighted by atomic mass is 32.2. The largest absolute Gasteiger partial charge is 0.328 e. The van der Waals surface area contributed by atoms with Crippen molar-refractivity contribution in [3.63, 3.8) is 0 Å². The Hall–Kier alpha value is -3.10. The Kier molecular flexibility index (Phi) is 6.67. The molecule has 1 amide bonds. The maximum atomic E-state index is 13.3. The Morgan fingerprint density at radius 3 is 2.63 bits per heavy atom. The second-order valence-electron chi connectivity index (χ2n) is 9.61. The normalized spacial score (nSPS) is 18.7. The summed E-state index contributed by atoms with van der Waals surface area (Å²) in [7, 11) is 2.90. The maximum Gasteiger partial charge on any atom is 0.246 e. The minimum Gasteiger partial charge on any atom is -0.328 e. The molecule has 1 unspecified atom stereocenters. The second-order valence-corrected chi connectivity index (χ2v) is 11.0. The van der Waals surface area contributed by atoms with Gasteiger partial charge >= 0.3 is 0 Å². The Morgan fingerprint density at radius 2 is 1.94 bits per heavy atom. The van der Waals surface area contributed by atoms with E-state index in [2.05, 4.69) is 9.67 Å². The van der Waals surface area contributed by atoms with Crippen LogP contribution >= 0.6 is 0 Å². The smallest absolute Gasteiger partial charge is 0.246 e. The van der Waals surface area contributed by atoms with Crippen molar-refractivity contribution in [2.24, 2.45) is 5.92 Å². The van der Waals surface area contributed by atoms with Crippen LogP contribution in [0.15, 0.2) is 65.8 Å². The summed E-state index contributed by atoms with van der Waals surface area (Å²) >= 11 is 0. The van der Waals surface area contributed by atoms with E-state index < -0.39 is 10.8 Å². The van der Waals surface area contributed by atoms with Gasteiger partial charge in [0.2, 0.25) is 5.91 Å². The molecule has 0 saturated heterocycles. The molecule has 1 saturated carbocycles. The molecule has 0 radical (unpaired) electrons. The zero-order valence-electron chi connectivity index (χ0n) is 20.4. The van der Waals surface area contributed by atoms with E-state index in [0.717, 1.165) is 52.4 Å². The zero-order chi connectivity index (χ0) is 24.5. The molecule has 1 aliphatic carbocycles. The van der Waals surface area contributed by atoms with Crippen molar-refractivity contribution < 1.29 is 9.00 Å². The van der Waals surface area contributed by atoms with Gasteiger partial charge in [-0.3, -0.25) is 18.7 Å². The van der Waals surface area contributed by atoms with E-state index in [9.17, 15) is 9.00 Å². The van der Waals surface area contributed by atoms with Gasteiger partial charge in [-0.1, -0.05) is 18.2 Å². The van der Waals surface area contributed by atoms with Crippen LogP contribution in [0, 0.1) is 5.92 Å². The summed E-state index contributed by atoms with van der Waals surface area (Å²) in [4.78, 5) is 22.4. The van der Waals surface area contributed by atoms with Gasteiger partial charge in [0.15, 0.2) is 0 Å². The fraction of sp³-hybridized carbons (Fsp3) is 0.370. The first-order valence-electron chi connectivity index (χ1n) is 12.0. The molecule has 0 N–H and O–H groups in total. The molecule has 8 heteroatoms. The molecule has 35 heavy (non-hydrogen) atoms. The Bertz CT molecular complexity index is 1280. The van der Waals surface area contributed by atoms with Crippen molar-refractivity contribution in [2.45, 2.75) is 36.9 Å². The van der Waals surface area contributed by atoms with Gasteiger partial charge in [0.05, 0.1) is 24.8 Å². The molecule has 2 atom stereocenters. The summed E-state index contributed by atoms with van der Waals surface area (Å²) in [6, 6.07) is 11.9. The number of carbonyl (C=O) groups excluding carboxylic acids is 1. The molecule has 1 aromatic carbocycles. The lowest BCUT2D eigenvalue weighted by atomic mass is 9.97. The van der Waals surface area contributed by atoms with Crippen molar-refractivity contribution in [1.82, 2.24) is 24.6 Å². The highest BCUT2D eigenvalue weighted by Gasteiger charge is 2.41. The van der Waals surface area contributed by atoms with Crippen LogP contribution in [0.5, 0.6) is 0 Å². The van der Waals surface area contributed by atoms with Crippen LogP contribution in [0.4, 0.5) is 0 Å². The van der Waals surface area contributed by atoms with Gasteiger partial charge in [0, 0.05) is 58.1 Å². The summed E-state index contributed by atoms with van der Waals surface area (Å²) < 4.78 is 14.3. The average Bonchev–Trinajstić information content (AvgIpc) is 3.63. The molecule has 0 bridgehead atoms. The minimum absolute atomic E-state index is 0.0572. The maximum absolute atomic E-state index is 13.3. The first-order valence-corrected chi connectivity index (χ1v) is 13.5. The summed E-state index contributed by atoms with van der Waals surface area (Å²) in [5.41, 5.74) is 4.83. The lowest BCUT2D eigenvalue weighted by Crippen LogP contribution is -2.47. The summed E-state index contributed by atoms with van der Waals surface area (Å²) in [6.45, 7) is 1.92. The van der Waals surface area contributed by atoms with Crippen LogP contribution in [0.3, 0.4) is 0 Å². The van der Waals surface area contributed by atoms with E-state index >= 15 is 0 Å². The number of nitrogens with zero attached hydrogens (tertiary/aromatic N) is 5. The molecule has 3 heterocycles. The van der Waals surface area contributed by atoms with Gasteiger partial charge in [0.1, 0.15) is 5.69 Å². The SMILES string of the molecule is CN(C)C/C=C/C(=O)N1Cc2c(-c3ccncc3)c(-c3cccc(S(C)=O)c3)nn2C[C@@H]1C1CC1. The van der Waals surface area contributed by atoms with Crippen LogP contribution in [0.2, 0.25) is 0 Å².